The third-order valence-corrected chi connectivity index (χ3v) is 3.86. The second-order valence-electron chi connectivity index (χ2n) is 5.27. The summed E-state index contributed by atoms with van der Waals surface area (Å²) in [5.74, 6) is 0. The Kier molecular flexibility index (Phi) is 4.27. The van der Waals surface area contributed by atoms with E-state index in [-0.39, 0.29) is 0 Å². The van der Waals surface area contributed by atoms with Gasteiger partial charge < -0.3 is 5.73 Å². The SMILES string of the molecule is Cc1ccc(Cl)cc1-n1nc(CCN)cc1-c1ccccc1. The Balaban J connectivity index is 2.19. The molecule has 2 aromatic carbocycles. The molecule has 22 heavy (non-hydrogen) atoms. The monoisotopic (exact) mass is 311 g/mol. The molecule has 3 nitrogen and oxygen atoms in total. The molecular weight excluding hydrogens is 294 g/mol. The fourth-order valence-corrected chi connectivity index (χ4v) is 2.68. The van der Waals surface area contributed by atoms with E-state index in [2.05, 4.69) is 25.1 Å². The highest BCUT2D eigenvalue weighted by Gasteiger charge is 2.13. The standard InChI is InChI=1S/C18H18ClN3/c1-13-7-8-15(19)11-17(13)22-18(12-16(21-22)9-10-20)14-5-3-2-4-6-14/h2-8,11-12H,9-10,20H2,1H3. The fourth-order valence-electron chi connectivity index (χ4n) is 2.51. The first-order valence-corrected chi connectivity index (χ1v) is 7.68. The van der Waals surface area contributed by atoms with Crippen molar-refractivity contribution in [2.75, 3.05) is 6.54 Å². The van der Waals surface area contributed by atoms with E-state index in [1.165, 1.54) is 0 Å². The van der Waals surface area contributed by atoms with Crippen LogP contribution in [0.4, 0.5) is 0 Å². The molecule has 4 heteroatoms. The maximum absolute atomic E-state index is 6.17. The quantitative estimate of drug-likeness (QED) is 0.791. The van der Waals surface area contributed by atoms with Gasteiger partial charge >= 0.3 is 0 Å². The Hall–Kier alpha value is -2.10. The van der Waals surface area contributed by atoms with E-state index in [0.717, 1.165) is 34.6 Å². The topological polar surface area (TPSA) is 43.8 Å². The van der Waals surface area contributed by atoms with Crippen molar-refractivity contribution >= 4 is 11.6 Å². The molecule has 0 atom stereocenters. The van der Waals surface area contributed by atoms with Gasteiger partial charge in [-0.25, -0.2) is 4.68 Å². The van der Waals surface area contributed by atoms with Crippen molar-refractivity contribution in [1.29, 1.82) is 0 Å². The second kappa shape index (κ2) is 6.34. The predicted octanol–water partition coefficient (Wildman–Crippen LogP) is 4.00. The molecule has 3 rings (SSSR count). The Morgan fingerprint density at radius 2 is 1.86 bits per heavy atom. The summed E-state index contributed by atoms with van der Waals surface area (Å²) < 4.78 is 1.96. The number of hydrogen-bond acceptors (Lipinski definition) is 2. The van der Waals surface area contributed by atoms with Crippen LogP contribution in [0.3, 0.4) is 0 Å². The Bertz CT molecular complexity index is 778. The summed E-state index contributed by atoms with van der Waals surface area (Å²) in [6.45, 7) is 2.64. The summed E-state index contributed by atoms with van der Waals surface area (Å²) in [4.78, 5) is 0. The number of aryl methyl sites for hydroxylation is 1. The van der Waals surface area contributed by atoms with Crippen LogP contribution in [0.1, 0.15) is 11.3 Å². The molecule has 0 saturated carbocycles. The maximum Gasteiger partial charge on any atom is 0.0743 e. The molecular formula is C18H18ClN3. The van der Waals surface area contributed by atoms with Crippen LogP contribution >= 0.6 is 11.6 Å². The smallest absolute Gasteiger partial charge is 0.0743 e. The van der Waals surface area contributed by atoms with E-state index < -0.39 is 0 Å². The molecule has 0 amide bonds. The number of rotatable bonds is 4. The molecule has 0 bridgehead atoms. The van der Waals surface area contributed by atoms with E-state index in [1.54, 1.807) is 0 Å². The molecule has 0 radical (unpaired) electrons. The van der Waals surface area contributed by atoms with Crippen LogP contribution in [0, 0.1) is 6.92 Å². The van der Waals surface area contributed by atoms with Gasteiger partial charge in [-0.2, -0.15) is 5.10 Å². The highest BCUT2D eigenvalue weighted by atomic mass is 35.5. The minimum absolute atomic E-state index is 0.583. The summed E-state index contributed by atoms with van der Waals surface area (Å²) in [5.41, 5.74) is 11.0. The van der Waals surface area contributed by atoms with Gasteiger partial charge in [-0.15, -0.1) is 0 Å². The van der Waals surface area contributed by atoms with Gasteiger partial charge in [-0.3, -0.25) is 0 Å². The van der Waals surface area contributed by atoms with Crippen LogP contribution in [-0.4, -0.2) is 16.3 Å². The van der Waals surface area contributed by atoms with Gasteiger partial charge in [0.05, 0.1) is 17.1 Å². The molecule has 0 fully saturated rings. The van der Waals surface area contributed by atoms with E-state index in [4.69, 9.17) is 22.4 Å². The first-order valence-electron chi connectivity index (χ1n) is 7.30. The predicted molar refractivity (Wildman–Crippen MR) is 91.5 cm³/mol. The second-order valence-corrected chi connectivity index (χ2v) is 5.70. The minimum atomic E-state index is 0.583. The number of nitrogens with two attached hydrogens (primary N) is 1. The lowest BCUT2D eigenvalue weighted by Gasteiger charge is -2.11. The van der Waals surface area contributed by atoms with Crippen LogP contribution in [0.5, 0.6) is 0 Å². The van der Waals surface area contributed by atoms with Crippen molar-refractivity contribution in [3.8, 4) is 16.9 Å². The number of aromatic nitrogens is 2. The highest BCUT2D eigenvalue weighted by molar-refractivity contribution is 6.30. The average molecular weight is 312 g/mol. The summed E-state index contributed by atoms with van der Waals surface area (Å²) in [5, 5.41) is 5.43. The molecule has 0 unspecified atom stereocenters. The van der Waals surface area contributed by atoms with Crippen LogP contribution in [0.25, 0.3) is 16.9 Å². The van der Waals surface area contributed by atoms with Crippen molar-refractivity contribution in [3.63, 3.8) is 0 Å². The van der Waals surface area contributed by atoms with Crippen LogP contribution in [-0.2, 0) is 6.42 Å². The summed E-state index contributed by atoms with van der Waals surface area (Å²) in [7, 11) is 0. The van der Waals surface area contributed by atoms with Crippen molar-refractivity contribution in [2.45, 2.75) is 13.3 Å². The molecule has 1 heterocycles. The maximum atomic E-state index is 6.17. The molecule has 0 aliphatic carbocycles. The average Bonchev–Trinajstić information content (AvgIpc) is 2.95. The van der Waals surface area contributed by atoms with Crippen LogP contribution < -0.4 is 5.73 Å². The fraction of sp³-hybridized carbons (Fsp3) is 0.167. The molecule has 0 aliphatic rings. The molecule has 0 saturated heterocycles. The van der Waals surface area contributed by atoms with Gasteiger partial charge in [0.15, 0.2) is 0 Å². The number of hydrogen-bond donors (Lipinski definition) is 1. The molecule has 2 N–H and O–H groups in total. The van der Waals surface area contributed by atoms with Gasteiger partial charge in [0, 0.05) is 17.0 Å². The summed E-state index contributed by atoms with van der Waals surface area (Å²) in [6, 6.07) is 18.2. The van der Waals surface area contributed by atoms with Gasteiger partial charge in [-0.1, -0.05) is 48.0 Å². The van der Waals surface area contributed by atoms with Crippen LogP contribution in [0.2, 0.25) is 5.02 Å². The first kappa shape index (κ1) is 14.8. The Labute approximate surface area is 135 Å². The lowest BCUT2D eigenvalue weighted by atomic mass is 10.1. The zero-order valence-electron chi connectivity index (χ0n) is 12.5. The van der Waals surface area contributed by atoms with Crippen LogP contribution in [0.15, 0.2) is 54.6 Å². The summed E-state index contributed by atoms with van der Waals surface area (Å²) in [6.07, 6.45) is 0.756. The van der Waals surface area contributed by atoms with Gasteiger partial charge in [0.25, 0.3) is 0 Å². The zero-order chi connectivity index (χ0) is 15.5. The van der Waals surface area contributed by atoms with E-state index in [9.17, 15) is 0 Å². The number of halogens is 1. The Morgan fingerprint density at radius 1 is 1.09 bits per heavy atom. The lowest BCUT2D eigenvalue weighted by molar-refractivity contribution is 0.822. The first-order chi connectivity index (χ1) is 10.7. The third-order valence-electron chi connectivity index (χ3n) is 3.63. The van der Waals surface area contributed by atoms with E-state index in [0.29, 0.717) is 11.6 Å². The molecule has 0 spiro atoms. The minimum Gasteiger partial charge on any atom is -0.330 e. The largest absolute Gasteiger partial charge is 0.330 e. The van der Waals surface area contributed by atoms with Crippen molar-refractivity contribution in [1.82, 2.24) is 9.78 Å². The molecule has 0 aliphatic heterocycles. The molecule has 112 valence electrons. The molecule has 3 aromatic rings. The zero-order valence-corrected chi connectivity index (χ0v) is 13.2. The normalized spacial score (nSPS) is 10.9. The van der Waals surface area contributed by atoms with Gasteiger partial charge in [-0.05, 0) is 37.2 Å². The summed E-state index contributed by atoms with van der Waals surface area (Å²) >= 11 is 6.17. The van der Waals surface area contributed by atoms with E-state index >= 15 is 0 Å². The van der Waals surface area contributed by atoms with E-state index in [1.807, 2.05) is 41.1 Å². The highest BCUT2D eigenvalue weighted by Crippen LogP contribution is 2.27. The number of nitrogens with zero attached hydrogens (tertiary/aromatic N) is 2. The number of benzene rings is 2. The molecule has 1 aromatic heterocycles. The van der Waals surface area contributed by atoms with Crippen molar-refractivity contribution in [2.24, 2.45) is 5.73 Å². The lowest BCUT2D eigenvalue weighted by Crippen LogP contribution is -2.05. The third kappa shape index (κ3) is 2.91. The van der Waals surface area contributed by atoms with Crippen molar-refractivity contribution in [3.05, 3.63) is 70.9 Å². The van der Waals surface area contributed by atoms with Gasteiger partial charge in [0.2, 0.25) is 0 Å². The Morgan fingerprint density at radius 3 is 2.59 bits per heavy atom. The van der Waals surface area contributed by atoms with Crippen molar-refractivity contribution < 1.29 is 0 Å². The van der Waals surface area contributed by atoms with Gasteiger partial charge in [0.1, 0.15) is 0 Å².